The summed E-state index contributed by atoms with van der Waals surface area (Å²) in [4.78, 5) is 22.3. The van der Waals surface area contributed by atoms with Crippen LogP contribution >= 0.6 is 11.8 Å². The molecular formula is C18H25N3O2S. The zero-order valence-electron chi connectivity index (χ0n) is 14.5. The summed E-state index contributed by atoms with van der Waals surface area (Å²) in [6.45, 7) is 8.80. The molecule has 0 bridgehead atoms. The number of carbonyl (C=O) groups excluding carboxylic acids is 1. The molecule has 0 unspecified atom stereocenters. The van der Waals surface area contributed by atoms with E-state index in [-0.39, 0.29) is 5.91 Å². The van der Waals surface area contributed by atoms with Gasteiger partial charge < -0.3 is 14.6 Å². The van der Waals surface area contributed by atoms with E-state index in [1.807, 2.05) is 30.0 Å². The first-order valence-electron chi connectivity index (χ1n) is 8.58. The fourth-order valence-electron chi connectivity index (χ4n) is 3.38. The van der Waals surface area contributed by atoms with Gasteiger partial charge in [0.15, 0.2) is 5.16 Å². The van der Waals surface area contributed by atoms with Crippen LogP contribution in [-0.2, 0) is 4.79 Å². The molecule has 0 aliphatic carbocycles. The molecule has 2 atom stereocenters. The SMILES string of the molecule is CCOc1ccc2nc(SCC(=O)N3C[C@H](C)C[C@@H](C)C3)[nH]c2c1. The molecule has 2 aromatic rings. The minimum atomic E-state index is 0.203. The first kappa shape index (κ1) is 17.1. The minimum Gasteiger partial charge on any atom is -0.494 e. The van der Waals surface area contributed by atoms with E-state index in [1.54, 1.807) is 0 Å². The average molecular weight is 347 g/mol. The number of piperidine rings is 1. The number of nitrogens with one attached hydrogen (secondary N) is 1. The zero-order valence-corrected chi connectivity index (χ0v) is 15.4. The van der Waals surface area contributed by atoms with Crippen LogP contribution in [0.5, 0.6) is 5.75 Å². The van der Waals surface area contributed by atoms with Gasteiger partial charge in [0.25, 0.3) is 0 Å². The molecule has 3 rings (SSSR count). The highest BCUT2D eigenvalue weighted by atomic mass is 32.2. The molecule has 0 saturated carbocycles. The summed E-state index contributed by atoms with van der Waals surface area (Å²) in [6, 6.07) is 5.81. The van der Waals surface area contributed by atoms with E-state index >= 15 is 0 Å². The number of aromatic amines is 1. The molecule has 1 aliphatic rings. The summed E-state index contributed by atoms with van der Waals surface area (Å²) in [6.07, 6.45) is 1.21. The lowest BCUT2D eigenvalue weighted by molar-refractivity contribution is -0.130. The molecular weight excluding hydrogens is 322 g/mol. The number of imidazole rings is 1. The predicted octanol–water partition coefficient (Wildman–Crippen LogP) is 3.56. The van der Waals surface area contributed by atoms with Crippen molar-refractivity contribution in [1.82, 2.24) is 14.9 Å². The van der Waals surface area contributed by atoms with Gasteiger partial charge in [-0.2, -0.15) is 0 Å². The van der Waals surface area contributed by atoms with Crippen LogP contribution in [0.2, 0.25) is 0 Å². The van der Waals surface area contributed by atoms with Crippen molar-refractivity contribution in [3.8, 4) is 5.75 Å². The predicted molar refractivity (Wildman–Crippen MR) is 97.5 cm³/mol. The Balaban J connectivity index is 1.61. The molecule has 2 heterocycles. The number of ether oxygens (including phenoxy) is 1. The topological polar surface area (TPSA) is 58.2 Å². The summed E-state index contributed by atoms with van der Waals surface area (Å²) < 4.78 is 5.51. The van der Waals surface area contributed by atoms with E-state index in [4.69, 9.17) is 4.74 Å². The number of fused-ring (bicyclic) bond motifs is 1. The van der Waals surface area contributed by atoms with E-state index in [1.165, 1.54) is 18.2 Å². The number of hydrogen-bond donors (Lipinski definition) is 1. The highest BCUT2D eigenvalue weighted by Gasteiger charge is 2.25. The van der Waals surface area contributed by atoms with Crippen molar-refractivity contribution in [3.63, 3.8) is 0 Å². The number of hydrogen-bond acceptors (Lipinski definition) is 4. The normalized spacial score (nSPS) is 21.2. The van der Waals surface area contributed by atoms with Crippen LogP contribution in [0, 0.1) is 11.8 Å². The van der Waals surface area contributed by atoms with Crippen LogP contribution in [0.4, 0.5) is 0 Å². The quantitative estimate of drug-likeness (QED) is 0.840. The molecule has 6 heteroatoms. The van der Waals surface area contributed by atoms with E-state index in [0.717, 1.165) is 35.0 Å². The van der Waals surface area contributed by atoms with Gasteiger partial charge in [0.05, 0.1) is 23.4 Å². The maximum atomic E-state index is 12.5. The molecule has 130 valence electrons. The van der Waals surface area contributed by atoms with Gasteiger partial charge in [0.2, 0.25) is 5.91 Å². The molecule has 24 heavy (non-hydrogen) atoms. The second-order valence-corrected chi connectivity index (χ2v) is 7.65. The van der Waals surface area contributed by atoms with Gasteiger partial charge in [-0.05, 0) is 37.3 Å². The van der Waals surface area contributed by atoms with Crippen molar-refractivity contribution < 1.29 is 9.53 Å². The molecule has 1 aromatic carbocycles. The van der Waals surface area contributed by atoms with E-state index < -0.39 is 0 Å². The average Bonchev–Trinajstić information content (AvgIpc) is 2.94. The van der Waals surface area contributed by atoms with Crippen LogP contribution in [0.1, 0.15) is 27.2 Å². The number of benzene rings is 1. The van der Waals surface area contributed by atoms with E-state index in [9.17, 15) is 4.79 Å². The van der Waals surface area contributed by atoms with Gasteiger partial charge in [-0.25, -0.2) is 4.98 Å². The van der Waals surface area contributed by atoms with Crippen LogP contribution in [0.15, 0.2) is 23.4 Å². The zero-order chi connectivity index (χ0) is 17.1. The highest BCUT2D eigenvalue weighted by molar-refractivity contribution is 7.99. The molecule has 0 radical (unpaired) electrons. The number of nitrogens with zero attached hydrogens (tertiary/aromatic N) is 2. The second kappa shape index (κ2) is 7.47. The second-order valence-electron chi connectivity index (χ2n) is 6.69. The Morgan fingerprint density at radius 1 is 1.38 bits per heavy atom. The van der Waals surface area contributed by atoms with Crippen molar-refractivity contribution in [3.05, 3.63) is 18.2 Å². The standard InChI is InChI=1S/C18H25N3O2S/c1-4-23-14-5-6-15-16(8-14)20-18(19-15)24-11-17(22)21-9-12(2)7-13(3)10-21/h5-6,8,12-13H,4,7,9-11H2,1-3H3,(H,19,20)/t12-,13-/m1/s1. The fourth-order valence-corrected chi connectivity index (χ4v) is 4.17. The summed E-state index contributed by atoms with van der Waals surface area (Å²) in [5, 5.41) is 0.783. The third-order valence-electron chi connectivity index (χ3n) is 4.30. The Morgan fingerprint density at radius 3 is 2.83 bits per heavy atom. The molecule has 1 fully saturated rings. The Labute approximate surface area is 147 Å². The number of thioether (sulfide) groups is 1. The summed E-state index contributed by atoms with van der Waals surface area (Å²) in [5.41, 5.74) is 1.84. The van der Waals surface area contributed by atoms with Crippen LogP contribution in [-0.4, -0.2) is 46.2 Å². The van der Waals surface area contributed by atoms with Gasteiger partial charge >= 0.3 is 0 Å². The Hall–Kier alpha value is -1.69. The van der Waals surface area contributed by atoms with E-state index in [0.29, 0.717) is 24.2 Å². The number of rotatable bonds is 5. The monoisotopic (exact) mass is 347 g/mol. The maximum Gasteiger partial charge on any atom is 0.233 e. The van der Waals surface area contributed by atoms with Gasteiger partial charge in [-0.15, -0.1) is 0 Å². The fraction of sp³-hybridized carbons (Fsp3) is 0.556. The molecule has 1 aromatic heterocycles. The van der Waals surface area contributed by atoms with Crippen molar-refractivity contribution in [1.29, 1.82) is 0 Å². The van der Waals surface area contributed by atoms with Crippen LogP contribution in [0.3, 0.4) is 0 Å². The first-order valence-corrected chi connectivity index (χ1v) is 9.56. The Kier molecular flexibility index (Phi) is 5.33. The van der Waals surface area contributed by atoms with Gasteiger partial charge in [-0.3, -0.25) is 4.79 Å². The molecule has 0 spiro atoms. The van der Waals surface area contributed by atoms with Gasteiger partial charge in [-0.1, -0.05) is 25.6 Å². The minimum absolute atomic E-state index is 0.203. The number of carbonyl (C=O) groups is 1. The molecule has 1 amide bonds. The van der Waals surface area contributed by atoms with Crippen molar-refractivity contribution in [2.24, 2.45) is 11.8 Å². The lowest BCUT2D eigenvalue weighted by Crippen LogP contribution is -2.43. The van der Waals surface area contributed by atoms with Crippen LogP contribution in [0.25, 0.3) is 11.0 Å². The smallest absolute Gasteiger partial charge is 0.233 e. The largest absolute Gasteiger partial charge is 0.494 e. The first-order chi connectivity index (χ1) is 11.5. The number of amides is 1. The molecule has 5 nitrogen and oxygen atoms in total. The number of aromatic nitrogens is 2. The Morgan fingerprint density at radius 2 is 2.12 bits per heavy atom. The van der Waals surface area contributed by atoms with Crippen molar-refractivity contribution in [2.75, 3.05) is 25.4 Å². The van der Waals surface area contributed by atoms with Gasteiger partial charge in [0, 0.05) is 19.2 Å². The third-order valence-corrected chi connectivity index (χ3v) is 5.15. The highest BCUT2D eigenvalue weighted by Crippen LogP contribution is 2.25. The summed E-state index contributed by atoms with van der Waals surface area (Å²) in [5.74, 6) is 2.64. The number of H-pyrrole nitrogens is 1. The lowest BCUT2D eigenvalue weighted by atomic mass is 9.92. The lowest BCUT2D eigenvalue weighted by Gasteiger charge is -2.34. The third kappa shape index (κ3) is 4.04. The molecule has 1 N–H and O–H groups in total. The van der Waals surface area contributed by atoms with Crippen molar-refractivity contribution >= 4 is 28.7 Å². The molecule has 1 aliphatic heterocycles. The summed E-state index contributed by atoms with van der Waals surface area (Å²) >= 11 is 1.47. The van der Waals surface area contributed by atoms with Gasteiger partial charge in [0.1, 0.15) is 5.75 Å². The number of likely N-dealkylation sites (tertiary alicyclic amines) is 1. The maximum absolute atomic E-state index is 12.5. The van der Waals surface area contributed by atoms with Crippen molar-refractivity contribution in [2.45, 2.75) is 32.3 Å². The molecule has 1 saturated heterocycles. The van der Waals surface area contributed by atoms with Crippen LogP contribution < -0.4 is 4.74 Å². The Bertz CT molecular complexity index is 705. The van der Waals surface area contributed by atoms with E-state index in [2.05, 4.69) is 23.8 Å². The summed E-state index contributed by atoms with van der Waals surface area (Å²) in [7, 11) is 0.